The molecule has 2 atom stereocenters. The Labute approximate surface area is 132 Å². The molecule has 4 heteroatoms. The van der Waals surface area contributed by atoms with Crippen LogP contribution in [0.3, 0.4) is 0 Å². The zero-order chi connectivity index (χ0) is 15.9. The van der Waals surface area contributed by atoms with Gasteiger partial charge in [-0.05, 0) is 37.8 Å². The monoisotopic (exact) mass is 306 g/mol. The smallest absolute Gasteiger partial charge is 0.223 e. The third-order valence-corrected chi connectivity index (χ3v) is 4.44. The fourth-order valence-corrected chi connectivity index (χ4v) is 3.28. The van der Waals surface area contributed by atoms with Gasteiger partial charge < -0.3 is 10.6 Å². The second kappa shape index (κ2) is 8.28. The van der Waals surface area contributed by atoms with E-state index in [1.807, 2.05) is 11.0 Å². The maximum Gasteiger partial charge on any atom is 0.223 e. The molecule has 0 saturated carbocycles. The van der Waals surface area contributed by atoms with Crippen LogP contribution < -0.4 is 5.73 Å². The highest BCUT2D eigenvalue weighted by Crippen LogP contribution is 2.36. The van der Waals surface area contributed by atoms with Gasteiger partial charge >= 0.3 is 0 Å². The molecule has 0 aliphatic carbocycles. The molecule has 1 aliphatic heterocycles. The van der Waals surface area contributed by atoms with Gasteiger partial charge in [-0.2, -0.15) is 0 Å². The van der Waals surface area contributed by atoms with Gasteiger partial charge in [0.1, 0.15) is 5.82 Å². The third-order valence-electron chi connectivity index (χ3n) is 4.44. The molecule has 1 heterocycles. The van der Waals surface area contributed by atoms with Crippen LogP contribution >= 0.6 is 0 Å². The number of likely N-dealkylation sites (tertiary alicyclic amines) is 1. The van der Waals surface area contributed by atoms with E-state index in [0.29, 0.717) is 24.4 Å². The molecule has 2 rings (SSSR count). The van der Waals surface area contributed by atoms with Crippen LogP contribution in [0.2, 0.25) is 0 Å². The Bertz CT molecular complexity index is 492. The number of halogens is 1. The fourth-order valence-electron chi connectivity index (χ4n) is 3.28. The van der Waals surface area contributed by atoms with Crippen molar-refractivity contribution in [1.29, 1.82) is 0 Å². The van der Waals surface area contributed by atoms with Crippen molar-refractivity contribution in [3.05, 3.63) is 35.6 Å². The fraction of sp³-hybridized carbons (Fsp3) is 0.611. The van der Waals surface area contributed by atoms with Crippen molar-refractivity contribution in [2.75, 3.05) is 13.1 Å². The molecule has 1 amide bonds. The van der Waals surface area contributed by atoms with Gasteiger partial charge in [0, 0.05) is 18.5 Å². The van der Waals surface area contributed by atoms with E-state index in [4.69, 9.17) is 5.73 Å². The maximum absolute atomic E-state index is 14.0. The summed E-state index contributed by atoms with van der Waals surface area (Å²) in [6.07, 6.45) is 5.44. The molecule has 22 heavy (non-hydrogen) atoms. The average molecular weight is 306 g/mol. The van der Waals surface area contributed by atoms with Crippen molar-refractivity contribution < 1.29 is 9.18 Å². The van der Waals surface area contributed by atoms with Crippen LogP contribution in [-0.4, -0.2) is 23.9 Å². The third kappa shape index (κ3) is 4.29. The second-order valence-electron chi connectivity index (χ2n) is 6.38. The molecule has 1 fully saturated rings. The lowest BCUT2D eigenvalue weighted by atomic mass is 10.0. The van der Waals surface area contributed by atoms with Crippen LogP contribution in [0.1, 0.15) is 57.1 Å². The summed E-state index contributed by atoms with van der Waals surface area (Å²) in [5.74, 6) is 0.374. The lowest BCUT2D eigenvalue weighted by molar-refractivity contribution is -0.132. The second-order valence-corrected chi connectivity index (χ2v) is 6.38. The molecule has 0 radical (unpaired) electrons. The number of rotatable bonds is 7. The highest BCUT2D eigenvalue weighted by Gasteiger charge is 2.34. The lowest BCUT2D eigenvalue weighted by Crippen LogP contribution is -2.31. The Hall–Kier alpha value is -1.42. The van der Waals surface area contributed by atoms with E-state index in [1.165, 1.54) is 6.07 Å². The molecule has 1 aromatic rings. The molecule has 3 nitrogen and oxygen atoms in total. The van der Waals surface area contributed by atoms with Gasteiger partial charge in [0.15, 0.2) is 0 Å². The number of unbranched alkanes of at least 4 members (excludes halogenated alkanes) is 3. The summed E-state index contributed by atoms with van der Waals surface area (Å²) in [5, 5.41) is 0. The number of nitrogens with two attached hydrogens (primary N) is 1. The van der Waals surface area contributed by atoms with Gasteiger partial charge in [0.2, 0.25) is 5.91 Å². The van der Waals surface area contributed by atoms with Crippen LogP contribution in [0.25, 0.3) is 0 Å². The number of amides is 1. The minimum absolute atomic E-state index is 0.104. The van der Waals surface area contributed by atoms with E-state index in [0.717, 1.165) is 38.6 Å². The van der Waals surface area contributed by atoms with Crippen molar-refractivity contribution in [2.24, 2.45) is 11.7 Å². The van der Waals surface area contributed by atoms with Crippen LogP contribution in [0.4, 0.5) is 4.39 Å². The molecule has 0 spiro atoms. The van der Waals surface area contributed by atoms with Crippen molar-refractivity contribution in [1.82, 2.24) is 4.90 Å². The molecular formula is C18H27FN2O. The van der Waals surface area contributed by atoms with E-state index >= 15 is 0 Å². The molecule has 2 unspecified atom stereocenters. The molecule has 122 valence electrons. The Morgan fingerprint density at radius 1 is 1.27 bits per heavy atom. The van der Waals surface area contributed by atoms with Crippen LogP contribution in [0, 0.1) is 11.7 Å². The summed E-state index contributed by atoms with van der Waals surface area (Å²) >= 11 is 0. The molecule has 1 aliphatic rings. The average Bonchev–Trinajstić information content (AvgIpc) is 2.89. The summed E-state index contributed by atoms with van der Waals surface area (Å²) in [5.41, 5.74) is 6.13. The van der Waals surface area contributed by atoms with E-state index < -0.39 is 0 Å². The summed E-state index contributed by atoms with van der Waals surface area (Å²) in [6, 6.07) is 6.72. The van der Waals surface area contributed by atoms with Gasteiger partial charge in [-0.3, -0.25) is 4.79 Å². The normalized spacial score (nSPS) is 21.3. The number of nitrogens with zero attached hydrogens (tertiary/aromatic N) is 1. The SMILES string of the molecule is CC1CC(c2ccccc2F)N(C(=O)CCCCCCN)C1. The van der Waals surface area contributed by atoms with Crippen molar-refractivity contribution >= 4 is 5.91 Å². The topological polar surface area (TPSA) is 46.3 Å². The predicted molar refractivity (Wildman–Crippen MR) is 86.8 cm³/mol. The van der Waals surface area contributed by atoms with Crippen LogP contribution in [0.5, 0.6) is 0 Å². The largest absolute Gasteiger partial charge is 0.335 e. The Morgan fingerprint density at radius 3 is 2.73 bits per heavy atom. The van der Waals surface area contributed by atoms with E-state index in [-0.39, 0.29) is 17.8 Å². The molecule has 2 N–H and O–H groups in total. The predicted octanol–water partition coefficient (Wildman–Crippen LogP) is 3.64. The van der Waals surface area contributed by atoms with Crippen molar-refractivity contribution in [2.45, 2.75) is 51.5 Å². The van der Waals surface area contributed by atoms with Crippen molar-refractivity contribution in [3.8, 4) is 0 Å². The number of hydrogen-bond donors (Lipinski definition) is 1. The van der Waals surface area contributed by atoms with Gasteiger partial charge in [-0.25, -0.2) is 4.39 Å². The number of carbonyl (C=O) groups excluding carboxylic acids is 1. The van der Waals surface area contributed by atoms with Crippen molar-refractivity contribution in [3.63, 3.8) is 0 Å². The van der Waals surface area contributed by atoms with Gasteiger partial charge in [-0.15, -0.1) is 0 Å². The summed E-state index contributed by atoms with van der Waals surface area (Å²) in [7, 11) is 0. The standard InChI is InChI=1S/C18H27FN2O/c1-14-12-17(15-8-5-6-9-16(15)19)21(13-14)18(22)10-4-2-3-7-11-20/h5-6,8-9,14,17H,2-4,7,10-13,20H2,1H3. The first-order valence-electron chi connectivity index (χ1n) is 8.37. The number of carbonyl (C=O) groups is 1. The van der Waals surface area contributed by atoms with E-state index in [1.54, 1.807) is 12.1 Å². The molecule has 1 aromatic carbocycles. The molecule has 1 saturated heterocycles. The minimum Gasteiger partial charge on any atom is -0.335 e. The zero-order valence-electron chi connectivity index (χ0n) is 13.4. The maximum atomic E-state index is 14.0. The molecule has 0 aromatic heterocycles. The summed E-state index contributed by atoms with van der Waals surface area (Å²) in [4.78, 5) is 14.4. The minimum atomic E-state index is -0.206. The first-order valence-corrected chi connectivity index (χ1v) is 8.37. The first kappa shape index (κ1) is 16.9. The first-order chi connectivity index (χ1) is 10.6. The molecule has 0 bridgehead atoms. The van der Waals surface area contributed by atoms with Gasteiger partial charge in [0.05, 0.1) is 6.04 Å². The zero-order valence-corrected chi connectivity index (χ0v) is 13.4. The molecular weight excluding hydrogens is 279 g/mol. The Kier molecular flexibility index (Phi) is 6.37. The van der Waals surface area contributed by atoms with Gasteiger partial charge in [-0.1, -0.05) is 38.0 Å². The van der Waals surface area contributed by atoms with Gasteiger partial charge in [0.25, 0.3) is 0 Å². The lowest BCUT2D eigenvalue weighted by Gasteiger charge is -2.25. The number of hydrogen-bond acceptors (Lipinski definition) is 2. The number of benzene rings is 1. The van der Waals surface area contributed by atoms with Crippen LogP contribution in [-0.2, 0) is 4.79 Å². The highest BCUT2D eigenvalue weighted by atomic mass is 19.1. The van der Waals surface area contributed by atoms with Crippen LogP contribution in [0.15, 0.2) is 24.3 Å². The summed E-state index contributed by atoms with van der Waals surface area (Å²) < 4.78 is 14.0. The highest BCUT2D eigenvalue weighted by molar-refractivity contribution is 5.77. The van der Waals surface area contributed by atoms with E-state index in [9.17, 15) is 9.18 Å². The van der Waals surface area contributed by atoms with E-state index in [2.05, 4.69) is 6.92 Å². The Balaban J connectivity index is 1.96. The summed E-state index contributed by atoms with van der Waals surface area (Å²) in [6.45, 7) is 3.58. The Morgan fingerprint density at radius 2 is 2.00 bits per heavy atom. The quantitative estimate of drug-likeness (QED) is 0.782.